The van der Waals surface area contributed by atoms with Gasteiger partial charge in [0.1, 0.15) is 16.6 Å². The third kappa shape index (κ3) is 3.19. The Bertz CT molecular complexity index is 1170. The van der Waals surface area contributed by atoms with Crippen LogP contribution in [0.3, 0.4) is 0 Å². The van der Waals surface area contributed by atoms with Crippen LogP contribution in [0, 0.1) is 12.7 Å². The first kappa shape index (κ1) is 17.9. The first-order valence-electron chi connectivity index (χ1n) is 9.46. The van der Waals surface area contributed by atoms with Gasteiger partial charge in [0.25, 0.3) is 5.91 Å². The lowest BCUT2D eigenvalue weighted by molar-refractivity contribution is 0.0723. The number of benzene rings is 2. The fraction of sp³-hybridized carbons (Fsp3) is 0.238. The Morgan fingerprint density at radius 3 is 2.72 bits per heavy atom. The summed E-state index contributed by atoms with van der Waals surface area (Å²) in [5.74, 6) is 0.213. The number of aryl methyl sites for hydroxylation is 1. The zero-order chi connectivity index (χ0) is 20.0. The van der Waals surface area contributed by atoms with Crippen LogP contribution in [0.5, 0.6) is 0 Å². The fourth-order valence-corrected chi connectivity index (χ4v) is 4.85. The Hall–Kier alpha value is -3.13. The van der Waals surface area contributed by atoms with Gasteiger partial charge in [0.2, 0.25) is 5.82 Å². The van der Waals surface area contributed by atoms with E-state index in [0.717, 1.165) is 28.1 Å². The Morgan fingerprint density at radius 2 is 1.93 bits per heavy atom. The van der Waals surface area contributed by atoms with Gasteiger partial charge in [-0.25, -0.2) is 19.0 Å². The summed E-state index contributed by atoms with van der Waals surface area (Å²) in [5.41, 5.74) is 1.63. The molecule has 1 saturated heterocycles. The van der Waals surface area contributed by atoms with Crippen LogP contribution in [0.15, 0.2) is 48.5 Å². The number of carbonyl (C=O) groups excluding carboxylic acids is 1. The SMILES string of the molecule is Cc1nc(C(=O)N2CCCC2c2nc3ccccc3s2)nn1-c1ccc(F)cc1. The highest BCUT2D eigenvalue weighted by Crippen LogP contribution is 2.37. The number of fused-ring (bicyclic) bond motifs is 1. The van der Waals surface area contributed by atoms with E-state index < -0.39 is 0 Å². The average Bonchev–Trinajstić information content (AvgIpc) is 3.45. The first-order chi connectivity index (χ1) is 14.1. The van der Waals surface area contributed by atoms with Crippen molar-refractivity contribution in [3.63, 3.8) is 0 Å². The number of carbonyl (C=O) groups is 1. The summed E-state index contributed by atoms with van der Waals surface area (Å²) in [5, 5.41) is 5.35. The van der Waals surface area contributed by atoms with Crippen molar-refractivity contribution in [2.75, 3.05) is 6.54 Å². The lowest BCUT2D eigenvalue weighted by Crippen LogP contribution is -2.31. The molecule has 0 spiro atoms. The summed E-state index contributed by atoms with van der Waals surface area (Å²) in [6.07, 6.45) is 1.80. The zero-order valence-corrected chi connectivity index (χ0v) is 16.6. The average molecular weight is 407 g/mol. The van der Waals surface area contributed by atoms with E-state index in [-0.39, 0.29) is 23.6 Å². The van der Waals surface area contributed by atoms with Crippen molar-refractivity contribution in [3.05, 3.63) is 71.0 Å². The van der Waals surface area contributed by atoms with Crippen LogP contribution in [0.4, 0.5) is 4.39 Å². The molecule has 0 radical (unpaired) electrons. The highest BCUT2D eigenvalue weighted by Gasteiger charge is 2.34. The fourth-order valence-electron chi connectivity index (χ4n) is 3.74. The molecule has 0 N–H and O–H groups in total. The highest BCUT2D eigenvalue weighted by atomic mass is 32.1. The lowest BCUT2D eigenvalue weighted by atomic mass is 10.2. The normalized spacial score (nSPS) is 16.6. The molecule has 3 heterocycles. The monoisotopic (exact) mass is 407 g/mol. The quantitative estimate of drug-likeness (QED) is 0.508. The number of hydrogen-bond acceptors (Lipinski definition) is 5. The van der Waals surface area contributed by atoms with E-state index in [1.165, 1.54) is 12.1 Å². The third-order valence-electron chi connectivity index (χ3n) is 5.14. The summed E-state index contributed by atoms with van der Waals surface area (Å²) in [4.78, 5) is 24.1. The molecule has 0 saturated carbocycles. The molecule has 146 valence electrons. The van der Waals surface area contributed by atoms with Gasteiger partial charge in [0, 0.05) is 6.54 Å². The predicted molar refractivity (Wildman–Crippen MR) is 109 cm³/mol. The maximum atomic E-state index is 13.2. The number of hydrogen-bond donors (Lipinski definition) is 0. The van der Waals surface area contributed by atoms with Crippen molar-refractivity contribution in [1.29, 1.82) is 0 Å². The second-order valence-corrected chi connectivity index (χ2v) is 8.11. The summed E-state index contributed by atoms with van der Waals surface area (Å²) in [6.45, 7) is 2.44. The molecular weight excluding hydrogens is 389 g/mol. The molecule has 1 amide bonds. The number of halogens is 1. The van der Waals surface area contributed by atoms with Gasteiger partial charge in [-0.05, 0) is 56.2 Å². The van der Waals surface area contributed by atoms with Crippen molar-refractivity contribution in [3.8, 4) is 5.69 Å². The van der Waals surface area contributed by atoms with Crippen LogP contribution in [0.1, 0.15) is 40.3 Å². The molecule has 1 aliphatic rings. The minimum absolute atomic E-state index is 0.0574. The largest absolute Gasteiger partial charge is 0.326 e. The van der Waals surface area contributed by atoms with E-state index in [0.29, 0.717) is 18.1 Å². The molecule has 6 nitrogen and oxygen atoms in total. The molecule has 1 aliphatic heterocycles. The van der Waals surface area contributed by atoms with Crippen molar-refractivity contribution >= 4 is 27.5 Å². The number of amides is 1. The van der Waals surface area contributed by atoms with Gasteiger partial charge >= 0.3 is 0 Å². The minimum atomic E-state index is -0.321. The topological polar surface area (TPSA) is 63.9 Å². The number of nitrogens with zero attached hydrogens (tertiary/aromatic N) is 5. The molecule has 4 aromatic rings. The van der Waals surface area contributed by atoms with E-state index in [9.17, 15) is 9.18 Å². The van der Waals surface area contributed by atoms with Gasteiger partial charge in [-0.3, -0.25) is 4.79 Å². The molecule has 29 heavy (non-hydrogen) atoms. The molecule has 0 bridgehead atoms. The maximum absolute atomic E-state index is 13.2. The van der Waals surface area contributed by atoms with Crippen molar-refractivity contribution in [2.45, 2.75) is 25.8 Å². The summed E-state index contributed by atoms with van der Waals surface area (Å²) < 4.78 is 15.9. The molecule has 1 atom stereocenters. The Kier molecular flexibility index (Phi) is 4.35. The molecule has 1 unspecified atom stereocenters. The molecule has 5 rings (SSSR count). The maximum Gasteiger partial charge on any atom is 0.294 e. The van der Waals surface area contributed by atoms with E-state index in [1.54, 1.807) is 35.1 Å². The van der Waals surface area contributed by atoms with Crippen LogP contribution in [-0.2, 0) is 0 Å². The van der Waals surface area contributed by atoms with Gasteiger partial charge in [-0.15, -0.1) is 16.4 Å². The number of para-hydroxylation sites is 1. The number of thiazole rings is 1. The Balaban J connectivity index is 1.45. The first-order valence-corrected chi connectivity index (χ1v) is 10.3. The standard InChI is InChI=1S/C21H18FN5OS/c1-13-23-19(25-27(13)15-10-8-14(22)9-11-15)21(28)26-12-4-6-17(26)20-24-16-5-2-3-7-18(16)29-20/h2-3,5,7-11,17H,4,6,12H2,1H3. The zero-order valence-electron chi connectivity index (χ0n) is 15.7. The van der Waals surface area contributed by atoms with Crippen LogP contribution in [0.2, 0.25) is 0 Å². The van der Waals surface area contributed by atoms with E-state index >= 15 is 0 Å². The molecule has 2 aromatic heterocycles. The number of rotatable bonds is 3. The predicted octanol–water partition coefficient (Wildman–Crippen LogP) is 4.30. The molecular formula is C21H18FN5OS. The van der Waals surface area contributed by atoms with Gasteiger partial charge in [0.05, 0.1) is 21.9 Å². The Labute approximate surface area is 170 Å². The number of aromatic nitrogens is 4. The van der Waals surface area contributed by atoms with Gasteiger partial charge in [0.15, 0.2) is 0 Å². The molecule has 8 heteroatoms. The highest BCUT2D eigenvalue weighted by molar-refractivity contribution is 7.18. The van der Waals surface area contributed by atoms with E-state index in [2.05, 4.69) is 10.1 Å². The van der Waals surface area contributed by atoms with Crippen molar-refractivity contribution in [1.82, 2.24) is 24.6 Å². The smallest absolute Gasteiger partial charge is 0.294 e. The lowest BCUT2D eigenvalue weighted by Gasteiger charge is -2.21. The molecule has 0 aliphatic carbocycles. The molecule has 2 aromatic carbocycles. The van der Waals surface area contributed by atoms with E-state index in [1.807, 2.05) is 29.2 Å². The van der Waals surface area contributed by atoms with Crippen molar-refractivity contribution in [2.24, 2.45) is 0 Å². The van der Waals surface area contributed by atoms with Crippen molar-refractivity contribution < 1.29 is 9.18 Å². The summed E-state index contributed by atoms with van der Waals surface area (Å²) in [6, 6.07) is 13.9. The molecule has 1 fully saturated rings. The van der Waals surface area contributed by atoms with Gasteiger partial charge in [-0.1, -0.05) is 12.1 Å². The van der Waals surface area contributed by atoms with E-state index in [4.69, 9.17) is 4.98 Å². The summed E-state index contributed by atoms with van der Waals surface area (Å²) >= 11 is 1.63. The van der Waals surface area contributed by atoms with Crippen LogP contribution in [0.25, 0.3) is 15.9 Å². The minimum Gasteiger partial charge on any atom is -0.326 e. The summed E-state index contributed by atoms with van der Waals surface area (Å²) in [7, 11) is 0. The van der Waals surface area contributed by atoms with Gasteiger partial charge in [-0.2, -0.15) is 0 Å². The second-order valence-electron chi connectivity index (χ2n) is 7.05. The number of likely N-dealkylation sites (tertiary alicyclic amines) is 1. The van der Waals surface area contributed by atoms with Crippen LogP contribution >= 0.6 is 11.3 Å². The third-order valence-corrected chi connectivity index (χ3v) is 6.28. The second kappa shape index (κ2) is 7.04. The van der Waals surface area contributed by atoms with Crippen LogP contribution < -0.4 is 0 Å². The Morgan fingerprint density at radius 1 is 1.14 bits per heavy atom. The van der Waals surface area contributed by atoms with Gasteiger partial charge < -0.3 is 4.90 Å². The van der Waals surface area contributed by atoms with Crippen LogP contribution in [-0.4, -0.2) is 37.1 Å².